The summed E-state index contributed by atoms with van der Waals surface area (Å²) in [7, 11) is 0. The topological polar surface area (TPSA) is 235 Å². The smallest absolute Gasteiger partial charge is 0.326 e. The minimum absolute atomic E-state index is 0.0723. The molecule has 0 heterocycles. The number of carbonyl (C=O) groups is 4. The predicted molar refractivity (Wildman–Crippen MR) is 142 cm³/mol. The van der Waals surface area contributed by atoms with Gasteiger partial charge in [-0.15, -0.1) is 0 Å². The molecule has 1 rings (SSSR count). The molecule has 0 aromatic heterocycles. The SMILES string of the molecule is CSCCC(NC(=O)C(CCCN=C(N)N)NC(=O)C(CO)NC(=O)C(N)Cc1ccccc1)C(=O)O. The van der Waals surface area contributed by atoms with Gasteiger partial charge in [0, 0.05) is 6.54 Å². The third kappa shape index (κ3) is 12.4. The molecule has 1 aromatic rings. The second-order valence-corrected chi connectivity index (χ2v) is 9.22. The highest BCUT2D eigenvalue weighted by molar-refractivity contribution is 7.98. The van der Waals surface area contributed by atoms with Crippen LogP contribution in [0, 0.1) is 0 Å². The summed E-state index contributed by atoms with van der Waals surface area (Å²) in [6, 6.07) is 4.37. The Kier molecular flexibility index (Phi) is 14.7. The van der Waals surface area contributed by atoms with Crippen LogP contribution in [0.3, 0.4) is 0 Å². The number of nitrogens with one attached hydrogen (secondary N) is 3. The minimum atomic E-state index is -1.38. The summed E-state index contributed by atoms with van der Waals surface area (Å²) >= 11 is 1.43. The molecule has 4 unspecified atom stereocenters. The van der Waals surface area contributed by atoms with Crippen LogP contribution in [0.2, 0.25) is 0 Å². The van der Waals surface area contributed by atoms with Crippen LogP contribution in [0.25, 0.3) is 0 Å². The monoisotopic (exact) mass is 539 g/mol. The molecule has 4 atom stereocenters. The number of benzene rings is 1. The van der Waals surface area contributed by atoms with Gasteiger partial charge >= 0.3 is 5.97 Å². The maximum absolute atomic E-state index is 12.9. The fraction of sp³-hybridized carbons (Fsp3) is 0.522. The average molecular weight is 540 g/mol. The van der Waals surface area contributed by atoms with Crippen LogP contribution in [0.5, 0.6) is 0 Å². The molecule has 0 spiro atoms. The Morgan fingerprint density at radius 1 is 0.946 bits per heavy atom. The number of carboxylic acid groups (broad SMARTS) is 1. The molecule has 206 valence electrons. The molecule has 11 N–H and O–H groups in total. The molecule has 13 nitrogen and oxygen atoms in total. The normalized spacial score (nSPS) is 13.9. The summed E-state index contributed by atoms with van der Waals surface area (Å²) in [5.74, 6) is -3.06. The Balaban J connectivity index is 2.87. The Hall–Kier alpha value is -3.36. The molecule has 0 aliphatic heterocycles. The van der Waals surface area contributed by atoms with Crippen molar-refractivity contribution in [2.45, 2.75) is 49.9 Å². The number of thioether (sulfide) groups is 1. The molecule has 37 heavy (non-hydrogen) atoms. The number of amides is 3. The van der Waals surface area contributed by atoms with Crippen molar-refractivity contribution in [1.82, 2.24) is 16.0 Å². The largest absolute Gasteiger partial charge is 0.480 e. The number of guanidine groups is 1. The number of carboxylic acids is 1. The van der Waals surface area contributed by atoms with Crippen molar-refractivity contribution in [3.63, 3.8) is 0 Å². The molecule has 0 bridgehead atoms. The molecule has 0 radical (unpaired) electrons. The van der Waals surface area contributed by atoms with Gasteiger partial charge in [-0.1, -0.05) is 30.3 Å². The summed E-state index contributed by atoms with van der Waals surface area (Å²) in [6.07, 6.45) is 2.57. The summed E-state index contributed by atoms with van der Waals surface area (Å²) in [4.78, 5) is 53.6. The van der Waals surface area contributed by atoms with Crippen molar-refractivity contribution >= 4 is 41.4 Å². The van der Waals surface area contributed by atoms with E-state index in [4.69, 9.17) is 17.2 Å². The number of hydrogen-bond acceptors (Lipinski definition) is 8. The van der Waals surface area contributed by atoms with E-state index in [2.05, 4.69) is 20.9 Å². The highest BCUT2D eigenvalue weighted by Crippen LogP contribution is 2.06. The Bertz CT molecular complexity index is 914. The van der Waals surface area contributed by atoms with Crippen molar-refractivity contribution in [1.29, 1.82) is 0 Å². The minimum Gasteiger partial charge on any atom is -0.480 e. The highest BCUT2D eigenvalue weighted by Gasteiger charge is 2.29. The lowest BCUT2D eigenvalue weighted by Gasteiger charge is -2.24. The zero-order valence-electron chi connectivity index (χ0n) is 20.8. The first-order valence-electron chi connectivity index (χ1n) is 11.7. The fourth-order valence-corrected chi connectivity index (χ4v) is 3.72. The molecule has 0 saturated heterocycles. The number of aliphatic carboxylic acids is 1. The molecular weight excluding hydrogens is 502 g/mol. The van der Waals surface area contributed by atoms with Crippen molar-refractivity contribution in [3.8, 4) is 0 Å². The van der Waals surface area contributed by atoms with E-state index in [-0.39, 0.29) is 38.2 Å². The second kappa shape index (κ2) is 17.2. The lowest BCUT2D eigenvalue weighted by atomic mass is 10.1. The van der Waals surface area contributed by atoms with Crippen molar-refractivity contribution in [2.75, 3.05) is 25.2 Å². The fourth-order valence-electron chi connectivity index (χ4n) is 3.24. The molecule has 1 aromatic carbocycles. The third-order valence-corrected chi connectivity index (χ3v) is 5.90. The molecule has 0 aliphatic carbocycles. The summed E-state index contributed by atoms with van der Waals surface area (Å²) in [5, 5.41) is 26.4. The number of hydrogen-bond donors (Lipinski definition) is 8. The number of aliphatic hydroxyl groups is 1. The van der Waals surface area contributed by atoms with E-state index in [1.807, 2.05) is 12.3 Å². The van der Waals surface area contributed by atoms with Gasteiger partial charge in [0.05, 0.1) is 12.6 Å². The molecule has 0 aliphatic rings. The van der Waals surface area contributed by atoms with Crippen LogP contribution in [-0.4, -0.2) is 89.2 Å². The molecule has 3 amide bonds. The average Bonchev–Trinajstić information content (AvgIpc) is 2.86. The summed E-state index contributed by atoms with van der Waals surface area (Å²) in [5.41, 5.74) is 17.4. The number of rotatable bonds is 17. The van der Waals surface area contributed by atoms with Gasteiger partial charge in [0.25, 0.3) is 0 Å². The highest BCUT2D eigenvalue weighted by atomic mass is 32.2. The lowest BCUT2D eigenvalue weighted by molar-refractivity contribution is -0.142. The third-order valence-electron chi connectivity index (χ3n) is 5.25. The van der Waals surface area contributed by atoms with Gasteiger partial charge < -0.3 is 43.4 Å². The van der Waals surface area contributed by atoms with Gasteiger partial charge in [0.2, 0.25) is 17.7 Å². The van der Waals surface area contributed by atoms with Crippen LogP contribution in [0.15, 0.2) is 35.3 Å². The van der Waals surface area contributed by atoms with Crippen LogP contribution in [0.1, 0.15) is 24.8 Å². The van der Waals surface area contributed by atoms with Gasteiger partial charge in [-0.25, -0.2) is 4.79 Å². The number of aliphatic hydroxyl groups excluding tert-OH is 1. The molecular formula is C23H37N7O6S. The van der Waals surface area contributed by atoms with E-state index in [0.29, 0.717) is 5.75 Å². The van der Waals surface area contributed by atoms with Gasteiger partial charge in [-0.2, -0.15) is 11.8 Å². The van der Waals surface area contributed by atoms with Gasteiger partial charge in [-0.3, -0.25) is 19.4 Å². The number of aliphatic imine (C=N–C) groups is 1. The Morgan fingerprint density at radius 3 is 2.11 bits per heavy atom. The zero-order valence-corrected chi connectivity index (χ0v) is 21.6. The van der Waals surface area contributed by atoms with Crippen LogP contribution in [0.4, 0.5) is 0 Å². The van der Waals surface area contributed by atoms with Crippen molar-refractivity contribution in [2.24, 2.45) is 22.2 Å². The summed E-state index contributed by atoms with van der Waals surface area (Å²) < 4.78 is 0. The van der Waals surface area contributed by atoms with E-state index in [1.165, 1.54) is 11.8 Å². The van der Waals surface area contributed by atoms with E-state index in [0.717, 1.165) is 5.56 Å². The van der Waals surface area contributed by atoms with Crippen molar-refractivity contribution in [3.05, 3.63) is 35.9 Å². The van der Waals surface area contributed by atoms with Gasteiger partial charge in [0.15, 0.2) is 5.96 Å². The molecule has 0 fully saturated rings. The maximum Gasteiger partial charge on any atom is 0.326 e. The second-order valence-electron chi connectivity index (χ2n) is 8.23. The van der Waals surface area contributed by atoms with E-state index in [9.17, 15) is 29.4 Å². The number of carbonyl (C=O) groups excluding carboxylic acids is 3. The first-order chi connectivity index (χ1) is 17.6. The first kappa shape index (κ1) is 31.7. The van der Waals surface area contributed by atoms with E-state index >= 15 is 0 Å². The van der Waals surface area contributed by atoms with E-state index in [1.54, 1.807) is 24.3 Å². The number of nitrogens with zero attached hydrogens (tertiary/aromatic N) is 1. The molecule has 0 saturated carbocycles. The van der Waals surface area contributed by atoms with Crippen LogP contribution in [-0.2, 0) is 25.6 Å². The lowest BCUT2D eigenvalue weighted by Crippen LogP contribution is -2.58. The maximum atomic E-state index is 12.9. The van der Waals surface area contributed by atoms with Crippen molar-refractivity contribution < 1.29 is 29.4 Å². The van der Waals surface area contributed by atoms with Crippen LogP contribution < -0.4 is 33.2 Å². The van der Waals surface area contributed by atoms with Crippen LogP contribution >= 0.6 is 11.8 Å². The quantitative estimate of drug-likeness (QED) is 0.0609. The number of nitrogens with two attached hydrogens (primary N) is 3. The van der Waals surface area contributed by atoms with Gasteiger partial charge in [0.1, 0.15) is 18.1 Å². The Morgan fingerprint density at radius 2 is 1.54 bits per heavy atom. The first-order valence-corrected chi connectivity index (χ1v) is 13.1. The zero-order chi connectivity index (χ0) is 27.8. The van der Waals surface area contributed by atoms with Gasteiger partial charge in [-0.05, 0) is 43.3 Å². The standard InChI is InChI=1S/C23H37N7O6S/c1-37-11-9-17(22(35)36)29-20(33)16(8-5-10-27-23(25)26)28-21(34)18(13-31)30-19(32)15(24)12-14-6-3-2-4-7-14/h2-4,6-7,15-18,31H,5,8-13,24H2,1H3,(H,28,34)(H,29,33)(H,30,32)(H,35,36)(H4,25,26,27). The summed E-state index contributed by atoms with van der Waals surface area (Å²) in [6.45, 7) is -0.575. The molecule has 14 heteroatoms. The van der Waals surface area contributed by atoms with E-state index < -0.39 is 54.5 Å². The predicted octanol–water partition coefficient (Wildman–Crippen LogP) is -2.11. The Labute approximate surface area is 220 Å².